The van der Waals surface area contributed by atoms with Gasteiger partial charge in [0.15, 0.2) is 0 Å². The van der Waals surface area contributed by atoms with Crippen molar-refractivity contribution in [3.8, 4) is 0 Å². The summed E-state index contributed by atoms with van der Waals surface area (Å²) in [6, 6.07) is 12.2. The van der Waals surface area contributed by atoms with Crippen molar-refractivity contribution in [2.24, 2.45) is 7.05 Å². The molecule has 2 atom stereocenters. The molecule has 0 bridgehead atoms. The van der Waals surface area contributed by atoms with Gasteiger partial charge in [-0.05, 0) is 44.7 Å². The Morgan fingerprint density at radius 2 is 1.85 bits per heavy atom. The molecule has 3 aromatic rings. The number of amides is 1. The maximum atomic E-state index is 12.8. The van der Waals surface area contributed by atoms with Crippen molar-refractivity contribution in [2.75, 3.05) is 5.32 Å². The molecule has 3 rings (SSSR count). The predicted octanol–water partition coefficient (Wildman–Crippen LogP) is 4.11. The van der Waals surface area contributed by atoms with Gasteiger partial charge in [-0.3, -0.25) is 14.8 Å². The van der Waals surface area contributed by atoms with Gasteiger partial charge >= 0.3 is 0 Å². The van der Waals surface area contributed by atoms with E-state index in [4.69, 9.17) is 0 Å². The van der Waals surface area contributed by atoms with Gasteiger partial charge in [0.05, 0.1) is 29.2 Å². The van der Waals surface area contributed by atoms with Crippen molar-refractivity contribution in [3.05, 3.63) is 69.2 Å². The van der Waals surface area contributed by atoms with E-state index in [1.807, 2.05) is 33.9 Å². The van der Waals surface area contributed by atoms with Crippen LogP contribution in [0.4, 0.5) is 5.69 Å². The molecule has 0 spiro atoms. The molecule has 2 heterocycles. The van der Waals surface area contributed by atoms with Gasteiger partial charge in [0.1, 0.15) is 0 Å². The number of thiophene rings is 1. The average molecular weight is 383 g/mol. The van der Waals surface area contributed by atoms with Crippen LogP contribution in [0, 0.1) is 20.8 Å². The van der Waals surface area contributed by atoms with Crippen LogP contribution in [-0.4, -0.2) is 21.7 Å². The van der Waals surface area contributed by atoms with Crippen LogP contribution in [0.3, 0.4) is 0 Å². The molecule has 27 heavy (non-hydrogen) atoms. The van der Waals surface area contributed by atoms with Crippen molar-refractivity contribution in [3.63, 3.8) is 0 Å². The molecule has 142 valence electrons. The summed E-state index contributed by atoms with van der Waals surface area (Å²) in [6.07, 6.45) is 0. The minimum atomic E-state index is -0.364. The highest BCUT2D eigenvalue weighted by Crippen LogP contribution is 2.27. The molecule has 0 unspecified atom stereocenters. The number of rotatable bonds is 6. The molecule has 1 amide bonds. The molecule has 0 aliphatic carbocycles. The number of benzene rings is 1. The van der Waals surface area contributed by atoms with E-state index in [2.05, 4.69) is 58.4 Å². The van der Waals surface area contributed by atoms with Crippen molar-refractivity contribution >= 4 is 22.9 Å². The van der Waals surface area contributed by atoms with Gasteiger partial charge in [-0.25, -0.2) is 0 Å². The first kappa shape index (κ1) is 19.3. The topological polar surface area (TPSA) is 59.0 Å². The minimum Gasteiger partial charge on any atom is -0.322 e. The highest BCUT2D eigenvalue weighted by Gasteiger charge is 2.23. The SMILES string of the molecule is Cc1ccc([C@@H](N[C@@H](C)C(=O)Nc2c(C)nn(C)c2C)c2cccs2)cc1. The van der Waals surface area contributed by atoms with Crippen LogP contribution in [-0.2, 0) is 11.8 Å². The highest BCUT2D eigenvalue weighted by atomic mass is 32.1. The van der Waals surface area contributed by atoms with Crippen LogP contribution in [0.1, 0.15) is 40.4 Å². The van der Waals surface area contributed by atoms with E-state index in [9.17, 15) is 4.79 Å². The summed E-state index contributed by atoms with van der Waals surface area (Å²) >= 11 is 1.69. The monoisotopic (exact) mass is 382 g/mol. The quantitative estimate of drug-likeness (QED) is 0.674. The predicted molar refractivity (Wildman–Crippen MR) is 111 cm³/mol. The summed E-state index contributed by atoms with van der Waals surface area (Å²) in [5, 5.41) is 12.9. The second-order valence-electron chi connectivity index (χ2n) is 6.91. The number of aryl methyl sites for hydroxylation is 3. The summed E-state index contributed by atoms with van der Waals surface area (Å²) in [5.74, 6) is -0.0668. The molecule has 2 N–H and O–H groups in total. The molecule has 6 heteroatoms. The van der Waals surface area contributed by atoms with Crippen LogP contribution >= 0.6 is 11.3 Å². The second-order valence-corrected chi connectivity index (χ2v) is 7.89. The molecule has 0 saturated heterocycles. The lowest BCUT2D eigenvalue weighted by atomic mass is 10.0. The lowest BCUT2D eigenvalue weighted by Crippen LogP contribution is -2.40. The number of nitrogens with one attached hydrogen (secondary N) is 2. The number of nitrogens with zero attached hydrogens (tertiary/aromatic N) is 2. The van der Waals surface area contributed by atoms with E-state index in [0.29, 0.717) is 0 Å². The molecule has 0 saturated carbocycles. The van der Waals surface area contributed by atoms with E-state index in [0.717, 1.165) is 22.6 Å². The Hall–Kier alpha value is -2.44. The number of carbonyl (C=O) groups excluding carboxylic acids is 1. The van der Waals surface area contributed by atoms with Crippen molar-refractivity contribution < 1.29 is 4.79 Å². The Balaban J connectivity index is 1.79. The van der Waals surface area contributed by atoms with Gasteiger partial charge in [0.25, 0.3) is 0 Å². The molecule has 0 fully saturated rings. The Bertz CT molecular complexity index is 913. The molecule has 5 nitrogen and oxygen atoms in total. The fourth-order valence-electron chi connectivity index (χ4n) is 3.07. The number of hydrogen-bond donors (Lipinski definition) is 2. The largest absolute Gasteiger partial charge is 0.322 e. The fraction of sp³-hybridized carbons (Fsp3) is 0.333. The zero-order valence-corrected chi connectivity index (χ0v) is 17.2. The molecule has 0 aliphatic rings. The molecule has 0 radical (unpaired) electrons. The van der Waals surface area contributed by atoms with Gasteiger partial charge in [-0.1, -0.05) is 35.9 Å². The summed E-state index contributed by atoms with van der Waals surface area (Å²) in [7, 11) is 1.88. The number of hydrogen-bond acceptors (Lipinski definition) is 4. The number of carbonyl (C=O) groups is 1. The van der Waals surface area contributed by atoms with Gasteiger partial charge in [-0.2, -0.15) is 5.10 Å². The zero-order chi connectivity index (χ0) is 19.6. The molecule has 1 aromatic carbocycles. The third-order valence-electron chi connectivity index (χ3n) is 4.81. The fourth-order valence-corrected chi connectivity index (χ4v) is 3.88. The van der Waals surface area contributed by atoms with Crippen LogP contribution < -0.4 is 10.6 Å². The number of anilines is 1. The van der Waals surface area contributed by atoms with Gasteiger partial charge in [-0.15, -0.1) is 11.3 Å². The average Bonchev–Trinajstić information content (AvgIpc) is 3.25. The number of aromatic nitrogens is 2. The second kappa shape index (κ2) is 8.06. The standard InChI is InChI=1S/C21H26N4OS/c1-13-8-10-17(11-9-13)20(18-7-6-12-27-18)22-15(3)21(26)23-19-14(2)24-25(5)16(19)4/h6-12,15,20,22H,1-5H3,(H,23,26)/t15-,20+/m0/s1. The van der Waals surface area contributed by atoms with Gasteiger partial charge in [0, 0.05) is 11.9 Å². The first-order valence-corrected chi connectivity index (χ1v) is 9.92. The molecule has 0 aliphatic heterocycles. The third-order valence-corrected chi connectivity index (χ3v) is 5.74. The van der Waals surface area contributed by atoms with E-state index >= 15 is 0 Å². The summed E-state index contributed by atoms with van der Waals surface area (Å²) in [6.45, 7) is 7.83. The summed E-state index contributed by atoms with van der Waals surface area (Å²) in [4.78, 5) is 14.0. The maximum Gasteiger partial charge on any atom is 0.241 e. The smallest absolute Gasteiger partial charge is 0.241 e. The van der Waals surface area contributed by atoms with Gasteiger partial charge < -0.3 is 5.32 Å². The normalized spacial score (nSPS) is 13.4. The maximum absolute atomic E-state index is 12.8. The Morgan fingerprint density at radius 3 is 2.41 bits per heavy atom. The van der Waals surface area contributed by atoms with E-state index in [-0.39, 0.29) is 18.0 Å². The van der Waals surface area contributed by atoms with Crippen LogP contribution in [0.15, 0.2) is 41.8 Å². The van der Waals surface area contributed by atoms with Crippen LogP contribution in [0.5, 0.6) is 0 Å². The Kier molecular flexibility index (Phi) is 5.77. The lowest BCUT2D eigenvalue weighted by Gasteiger charge is -2.23. The highest BCUT2D eigenvalue weighted by molar-refractivity contribution is 7.10. The van der Waals surface area contributed by atoms with Crippen LogP contribution in [0.2, 0.25) is 0 Å². The van der Waals surface area contributed by atoms with Gasteiger partial charge in [0.2, 0.25) is 5.91 Å². The van der Waals surface area contributed by atoms with Crippen molar-refractivity contribution in [2.45, 2.75) is 39.8 Å². The Labute approximate surface area is 164 Å². The first-order chi connectivity index (χ1) is 12.9. The van der Waals surface area contributed by atoms with E-state index in [1.54, 1.807) is 16.0 Å². The molecular weight excluding hydrogens is 356 g/mol. The molecular formula is C21H26N4OS. The zero-order valence-electron chi connectivity index (χ0n) is 16.4. The Morgan fingerprint density at radius 1 is 1.15 bits per heavy atom. The van der Waals surface area contributed by atoms with Crippen molar-refractivity contribution in [1.29, 1.82) is 0 Å². The summed E-state index contributed by atoms with van der Waals surface area (Å²) in [5.41, 5.74) is 4.93. The first-order valence-electron chi connectivity index (χ1n) is 9.04. The van der Waals surface area contributed by atoms with E-state index < -0.39 is 0 Å². The third kappa shape index (κ3) is 4.28. The van der Waals surface area contributed by atoms with E-state index in [1.165, 1.54) is 10.4 Å². The van der Waals surface area contributed by atoms with Crippen molar-refractivity contribution in [1.82, 2.24) is 15.1 Å². The molecule has 2 aromatic heterocycles. The lowest BCUT2D eigenvalue weighted by molar-refractivity contribution is -0.117. The minimum absolute atomic E-state index is 0.0255. The van der Waals surface area contributed by atoms with Crippen LogP contribution in [0.25, 0.3) is 0 Å². The summed E-state index contributed by atoms with van der Waals surface area (Å²) < 4.78 is 1.78.